The van der Waals surface area contributed by atoms with E-state index in [-0.39, 0.29) is 18.0 Å². The number of likely N-dealkylation sites (tertiary alicyclic amines) is 1. The first-order valence-corrected chi connectivity index (χ1v) is 9.55. The topological polar surface area (TPSA) is 61.4 Å². The molecule has 27 heavy (non-hydrogen) atoms. The molecule has 1 aliphatic heterocycles. The molecule has 1 fully saturated rings. The number of anilines is 1. The molecule has 2 N–H and O–H groups in total. The second-order valence-corrected chi connectivity index (χ2v) is 7.17. The Hall–Kier alpha value is -2.53. The molecule has 1 heterocycles. The zero-order valence-electron chi connectivity index (χ0n) is 15.4. The monoisotopic (exact) mass is 385 g/mol. The number of hydrogen-bond acceptors (Lipinski definition) is 2. The fourth-order valence-corrected chi connectivity index (χ4v) is 3.62. The molecule has 5 nitrogen and oxygen atoms in total. The summed E-state index contributed by atoms with van der Waals surface area (Å²) in [6, 6.07) is 15.2. The Bertz CT molecular complexity index is 807. The summed E-state index contributed by atoms with van der Waals surface area (Å²) in [6.07, 6.45) is 3.06. The Morgan fingerprint density at radius 3 is 2.59 bits per heavy atom. The lowest BCUT2D eigenvalue weighted by Gasteiger charge is -2.25. The van der Waals surface area contributed by atoms with Crippen LogP contribution in [0.1, 0.15) is 24.0 Å². The number of nitrogens with zero attached hydrogens (tertiary/aromatic N) is 1. The smallest absolute Gasteiger partial charge is 0.322 e. The van der Waals surface area contributed by atoms with Crippen LogP contribution in [-0.4, -0.2) is 36.5 Å². The molecule has 0 bridgehead atoms. The average molecular weight is 386 g/mol. The number of nitrogens with one attached hydrogen (secondary N) is 2. The summed E-state index contributed by atoms with van der Waals surface area (Å²) in [5.74, 6) is -0.0359. The van der Waals surface area contributed by atoms with E-state index in [1.165, 1.54) is 0 Å². The van der Waals surface area contributed by atoms with Gasteiger partial charge in [0.25, 0.3) is 0 Å². The third-order valence-corrected chi connectivity index (χ3v) is 5.27. The molecule has 0 saturated carbocycles. The highest BCUT2D eigenvalue weighted by Crippen LogP contribution is 2.25. The van der Waals surface area contributed by atoms with E-state index in [1.807, 2.05) is 53.4 Å². The summed E-state index contributed by atoms with van der Waals surface area (Å²) in [5.41, 5.74) is 2.71. The van der Waals surface area contributed by atoms with Gasteiger partial charge in [0.15, 0.2) is 0 Å². The van der Waals surface area contributed by atoms with E-state index in [2.05, 4.69) is 10.6 Å². The molecular weight excluding hydrogens is 362 g/mol. The molecule has 6 heteroatoms. The SMILES string of the molecule is CNC(=O)Cc1ccc(NC(=O)N2CCCC2Cc2ccccc2Cl)cc1. The first-order valence-electron chi connectivity index (χ1n) is 9.17. The van der Waals surface area contributed by atoms with Crippen LogP contribution in [-0.2, 0) is 17.6 Å². The van der Waals surface area contributed by atoms with Crippen LogP contribution < -0.4 is 10.6 Å². The summed E-state index contributed by atoms with van der Waals surface area (Å²) in [6.45, 7) is 0.746. The van der Waals surface area contributed by atoms with Crippen LogP contribution in [0.15, 0.2) is 48.5 Å². The van der Waals surface area contributed by atoms with Crippen LogP contribution in [0.5, 0.6) is 0 Å². The maximum Gasteiger partial charge on any atom is 0.322 e. The van der Waals surface area contributed by atoms with Gasteiger partial charge in [-0.25, -0.2) is 4.79 Å². The first-order chi connectivity index (χ1) is 13.1. The van der Waals surface area contributed by atoms with Crippen molar-refractivity contribution in [2.75, 3.05) is 18.9 Å². The second kappa shape index (κ2) is 8.91. The van der Waals surface area contributed by atoms with Crippen LogP contribution in [0, 0.1) is 0 Å². The molecule has 0 spiro atoms. The number of rotatable bonds is 5. The molecule has 142 valence electrons. The van der Waals surface area contributed by atoms with Gasteiger partial charge in [0.1, 0.15) is 0 Å². The predicted octanol–water partition coefficient (Wildman–Crippen LogP) is 3.87. The molecule has 1 unspecified atom stereocenters. The summed E-state index contributed by atoms with van der Waals surface area (Å²) < 4.78 is 0. The number of hydrogen-bond donors (Lipinski definition) is 2. The molecule has 0 radical (unpaired) electrons. The maximum atomic E-state index is 12.7. The van der Waals surface area contributed by atoms with Crippen molar-refractivity contribution in [2.24, 2.45) is 0 Å². The Kier molecular flexibility index (Phi) is 6.35. The number of amides is 3. The molecule has 1 atom stereocenters. The lowest BCUT2D eigenvalue weighted by Crippen LogP contribution is -2.39. The Labute approximate surface area is 164 Å². The van der Waals surface area contributed by atoms with Gasteiger partial charge in [0, 0.05) is 30.3 Å². The molecule has 0 aromatic heterocycles. The van der Waals surface area contributed by atoms with Gasteiger partial charge in [0.2, 0.25) is 5.91 Å². The van der Waals surface area contributed by atoms with E-state index >= 15 is 0 Å². The van der Waals surface area contributed by atoms with E-state index in [4.69, 9.17) is 11.6 Å². The van der Waals surface area contributed by atoms with E-state index in [0.717, 1.165) is 47.6 Å². The second-order valence-electron chi connectivity index (χ2n) is 6.76. The minimum atomic E-state index is -0.0939. The maximum absolute atomic E-state index is 12.7. The number of halogens is 1. The fraction of sp³-hybridized carbons (Fsp3) is 0.333. The van der Waals surface area contributed by atoms with Gasteiger partial charge in [-0.15, -0.1) is 0 Å². The molecule has 2 aromatic rings. The molecular formula is C21H24ClN3O2. The van der Waals surface area contributed by atoms with Crippen LogP contribution >= 0.6 is 11.6 Å². The highest BCUT2D eigenvalue weighted by molar-refractivity contribution is 6.31. The fourth-order valence-electron chi connectivity index (χ4n) is 3.41. The van der Waals surface area contributed by atoms with Gasteiger partial charge in [-0.2, -0.15) is 0 Å². The quantitative estimate of drug-likeness (QED) is 0.820. The predicted molar refractivity (Wildman–Crippen MR) is 108 cm³/mol. The molecule has 2 aromatic carbocycles. The van der Waals surface area contributed by atoms with Gasteiger partial charge in [-0.3, -0.25) is 4.79 Å². The van der Waals surface area contributed by atoms with Crippen molar-refractivity contribution < 1.29 is 9.59 Å². The largest absolute Gasteiger partial charge is 0.359 e. The Balaban J connectivity index is 1.61. The average Bonchev–Trinajstić information content (AvgIpc) is 3.13. The molecule has 1 aliphatic rings. The third-order valence-electron chi connectivity index (χ3n) is 4.90. The number of benzene rings is 2. The Morgan fingerprint density at radius 1 is 1.15 bits per heavy atom. The summed E-state index contributed by atoms with van der Waals surface area (Å²) in [5, 5.41) is 6.31. The zero-order valence-corrected chi connectivity index (χ0v) is 16.1. The van der Waals surface area contributed by atoms with Crippen molar-refractivity contribution >= 4 is 29.2 Å². The minimum Gasteiger partial charge on any atom is -0.359 e. The van der Waals surface area contributed by atoms with Crippen molar-refractivity contribution in [1.29, 1.82) is 0 Å². The highest BCUT2D eigenvalue weighted by atomic mass is 35.5. The number of urea groups is 1. The number of carbonyl (C=O) groups excluding carboxylic acids is 2. The molecule has 1 saturated heterocycles. The number of likely N-dealkylation sites (N-methyl/N-ethyl adjacent to an activating group) is 1. The van der Waals surface area contributed by atoms with Crippen molar-refractivity contribution in [3.05, 3.63) is 64.7 Å². The summed E-state index contributed by atoms with van der Waals surface area (Å²) in [4.78, 5) is 26.0. The van der Waals surface area contributed by atoms with E-state index in [9.17, 15) is 9.59 Å². The first kappa shape index (κ1) is 19.2. The van der Waals surface area contributed by atoms with E-state index in [1.54, 1.807) is 7.05 Å². The molecule has 0 aliphatic carbocycles. The van der Waals surface area contributed by atoms with Gasteiger partial charge in [-0.05, 0) is 48.6 Å². The van der Waals surface area contributed by atoms with Crippen molar-refractivity contribution in [1.82, 2.24) is 10.2 Å². The van der Waals surface area contributed by atoms with Gasteiger partial charge < -0.3 is 15.5 Å². The van der Waals surface area contributed by atoms with E-state index < -0.39 is 0 Å². The van der Waals surface area contributed by atoms with Gasteiger partial charge >= 0.3 is 6.03 Å². The van der Waals surface area contributed by atoms with Crippen molar-refractivity contribution in [3.8, 4) is 0 Å². The molecule has 3 rings (SSSR count). The third kappa shape index (κ3) is 5.01. The van der Waals surface area contributed by atoms with Crippen LogP contribution in [0.2, 0.25) is 5.02 Å². The number of carbonyl (C=O) groups is 2. The lowest BCUT2D eigenvalue weighted by atomic mass is 10.0. The van der Waals surface area contributed by atoms with Gasteiger partial charge in [-0.1, -0.05) is 41.9 Å². The van der Waals surface area contributed by atoms with Gasteiger partial charge in [0.05, 0.1) is 6.42 Å². The van der Waals surface area contributed by atoms with Crippen molar-refractivity contribution in [3.63, 3.8) is 0 Å². The minimum absolute atomic E-state index is 0.0359. The standard InChI is InChI=1S/C21H24ClN3O2/c1-23-20(26)13-15-8-10-17(11-9-15)24-21(27)25-12-4-6-18(25)14-16-5-2-3-7-19(16)22/h2-3,5,7-11,18H,4,6,12-14H2,1H3,(H,23,26)(H,24,27). The normalized spacial score (nSPS) is 16.2. The van der Waals surface area contributed by atoms with Crippen LogP contribution in [0.25, 0.3) is 0 Å². The van der Waals surface area contributed by atoms with Crippen LogP contribution in [0.4, 0.5) is 10.5 Å². The Morgan fingerprint density at radius 2 is 1.89 bits per heavy atom. The van der Waals surface area contributed by atoms with Crippen LogP contribution in [0.3, 0.4) is 0 Å². The van der Waals surface area contributed by atoms with E-state index in [0.29, 0.717) is 6.42 Å². The lowest BCUT2D eigenvalue weighted by molar-refractivity contribution is -0.119. The molecule has 3 amide bonds. The summed E-state index contributed by atoms with van der Waals surface area (Å²) in [7, 11) is 1.62. The summed E-state index contributed by atoms with van der Waals surface area (Å²) >= 11 is 6.27. The zero-order chi connectivity index (χ0) is 19.2. The highest BCUT2D eigenvalue weighted by Gasteiger charge is 2.29. The van der Waals surface area contributed by atoms with Crippen molar-refractivity contribution in [2.45, 2.75) is 31.7 Å².